The zero-order valence-electron chi connectivity index (χ0n) is 20.7. The second-order valence-corrected chi connectivity index (χ2v) is 9.76. The van der Waals surface area contributed by atoms with E-state index in [-0.39, 0.29) is 6.04 Å². The molecule has 0 rings (SSSR count). The summed E-state index contributed by atoms with van der Waals surface area (Å²) in [6.07, 6.45) is 15.0. The first-order valence-electron chi connectivity index (χ1n) is 11.4. The van der Waals surface area contributed by atoms with Crippen molar-refractivity contribution < 1.29 is 0 Å². The minimum absolute atomic E-state index is 0.117. The van der Waals surface area contributed by atoms with Crippen LogP contribution in [0.5, 0.6) is 0 Å². The summed E-state index contributed by atoms with van der Waals surface area (Å²) in [4.78, 5) is 0. The lowest BCUT2D eigenvalue weighted by atomic mass is 10.1. The Balaban J connectivity index is 4.18. The number of nitrogens with two attached hydrogens (primary N) is 1. The third kappa shape index (κ3) is 17.6. The maximum atomic E-state index is 5.71. The van der Waals surface area contributed by atoms with Gasteiger partial charge in [0, 0.05) is 28.9 Å². The Morgan fingerprint density at radius 1 is 0.968 bits per heavy atom. The number of allylic oxidation sites excluding steroid dienone is 6. The van der Waals surface area contributed by atoms with E-state index in [2.05, 4.69) is 83.2 Å². The van der Waals surface area contributed by atoms with Gasteiger partial charge >= 0.3 is 0 Å². The average molecular weight is 446 g/mol. The molecule has 4 heteroatoms. The van der Waals surface area contributed by atoms with Gasteiger partial charge in [0.25, 0.3) is 0 Å². The first kappa shape index (κ1) is 29.2. The van der Waals surface area contributed by atoms with E-state index >= 15 is 0 Å². The predicted molar refractivity (Wildman–Crippen MR) is 144 cm³/mol. The number of rotatable bonds is 18. The number of hydrogen-bond acceptors (Lipinski definition) is 4. The van der Waals surface area contributed by atoms with Gasteiger partial charge in [-0.3, -0.25) is 0 Å². The molecule has 31 heavy (non-hydrogen) atoms. The standard InChI is InChI=1S/C27H47N3S/c1-9-29-27(17-16-24(6)28)26(8)30-25(7)20-31-19-18-23(5)15-11-14-22(4)13-10-12-21(2)3/h9,12,14,18,25,27,29-30H,1,6,8,10-11,13,15-17,19-20,28H2,2-5,7H3/b22-14+,23-18+. The van der Waals surface area contributed by atoms with Crippen molar-refractivity contribution in [3.8, 4) is 0 Å². The molecule has 2 unspecified atom stereocenters. The maximum Gasteiger partial charge on any atom is 0.0651 e. The zero-order valence-corrected chi connectivity index (χ0v) is 21.5. The Morgan fingerprint density at radius 3 is 2.16 bits per heavy atom. The van der Waals surface area contributed by atoms with Crippen molar-refractivity contribution in [2.75, 3.05) is 11.5 Å². The molecule has 0 aliphatic rings. The van der Waals surface area contributed by atoms with Crippen LogP contribution in [0.15, 0.2) is 72.3 Å². The van der Waals surface area contributed by atoms with Gasteiger partial charge in [0.15, 0.2) is 0 Å². The molecule has 0 aliphatic carbocycles. The zero-order chi connectivity index (χ0) is 23.6. The van der Waals surface area contributed by atoms with Gasteiger partial charge in [-0.25, -0.2) is 0 Å². The van der Waals surface area contributed by atoms with Crippen LogP contribution in [0.4, 0.5) is 0 Å². The molecule has 2 atom stereocenters. The van der Waals surface area contributed by atoms with E-state index < -0.39 is 0 Å². The van der Waals surface area contributed by atoms with Crippen molar-refractivity contribution in [1.82, 2.24) is 10.6 Å². The highest BCUT2D eigenvalue weighted by molar-refractivity contribution is 7.99. The monoisotopic (exact) mass is 445 g/mol. The van der Waals surface area contributed by atoms with Crippen LogP contribution in [0.1, 0.15) is 73.1 Å². The summed E-state index contributed by atoms with van der Waals surface area (Å²) in [6.45, 7) is 22.8. The van der Waals surface area contributed by atoms with Crippen molar-refractivity contribution in [1.29, 1.82) is 0 Å². The van der Waals surface area contributed by atoms with Gasteiger partial charge < -0.3 is 16.4 Å². The highest BCUT2D eigenvalue weighted by Gasteiger charge is 2.13. The molecule has 0 heterocycles. The van der Waals surface area contributed by atoms with Crippen LogP contribution in [0.2, 0.25) is 0 Å². The lowest BCUT2D eigenvalue weighted by Gasteiger charge is -2.24. The van der Waals surface area contributed by atoms with Crippen molar-refractivity contribution >= 4 is 11.8 Å². The van der Waals surface area contributed by atoms with Crippen LogP contribution in [0.25, 0.3) is 0 Å². The SMILES string of the molecule is C=CNC(CCC(=C)N)C(=C)NC(C)CSC/C=C(\C)CC/C=C(\C)CCC=C(C)C. The van der Waals surface area contributed by atoms with E-state index in [9.17, 15) is 0 Å². The van der Waals surface area contributed by atoms with E-state index in [1.165, 1.54) is 23.1 Å². The molecule has 0 fully saturated rings. The third-order valence-corrected chi connectivity index (χ3v) is 6.10. The topological polar surface area (TPSA) is 50.1 Å². The Labute approximate surface area is 197 Å². The second-order valence-electron chi connectivity index (χ2n) is 8.69. The van der Waals surface area contributed by atoms with E-state index in [1.807, 2.05) is 11.8 Å². The maximum absolute atomic E-state index is 5.71. The summed E-state index contributed by atoms with van der Waals surface area (Å²) < 4.78 is 0. The summed E-state index contributed by atoms with van der Waals surface area (Å²) >= 11 is 1.95. The number of nitrogens with one attached hydrogen (secondary N) is 2. The summed E-state index contributed by atoms with van der Waals surface area (Å²) in [7, 11) is 0. The molecule has 0 bridgehead atoms. The van der Waals surface area contributed by atoms with Gasteiger partial charge in [-0.1, -0.05) is 54.7 Å². The Morgan fingerprint density at radius 2 is 1.58 bits per heavy atom. The van der Waals surface area contributed by atoms with Crippen LogP contribution < -0.4 is 16.4 Å². The van der Waals surface area contributed by atoms with E-state index in [4.69, 9.17) is 5.73 Å². The molecule has 3 nitrogen and oxygen atoms in total. The smallest absolute Gasteiger partial charge is 0.0651 e. The fraction of sp³-hybridized carbons (Fsp3) is 0.556. The molecule has 0 saturated carbocycles. The van der Waals surface area contributed by atoms with Gasteiger partial charge in [0.05, 0.1) is 6.04 Å². The minimum atomic E-state index is 0.117. The lowest BCUT2D eigenvalue weighted by Crippen LogP contribution is -2.38. The number of thioether (sulfide) groups is 1. The van der Waals surface area contributed by atoms with E-state index in [0.717, 1.165) is 49.3 Å². The summed E-state index contributed by atoms with van der Waals surface area (Å²) in [5.74, 6) is 2.09. The molecule has 0 spiro atoms. The molecule has 0 saturated heterocycles. The van der Waals surface area contributed by atoms with Crippen LogP contribution in [-0.2, 0) is 0 Å². The van der Waals surface area contributed by atoms with Crippen molar-refractivity contribution in [2.45, 2.75) is 85.2 Å². The Bertz CT molecular complexity index is 639. The van der Waals surface area contributed by atoms with Crippen LogP contribution in [0.3, 0.4) is 0 Å². The summed E-state index contributed by atoms with van der Waals surface area (Å²) in [5, 5.41) is 6.77. The van der Waals surface area contributed by atoms with Gasteiger partial charge in [0.2, 0.25) is 0 Å². The number of hydrogen-bond donors (Lipinski definition) is 3. The fourth-order valence-corrected chi connectivity index (χ4v) is 4.05. The van der Waals surface area contributed by atoms with Crippen molar-refractivity contribution in [3.63, 3.8) is 0 Å². The highest BCUT2D eigenvalue weighted by Crippen LogP contribution is 2.14. The van der Waals surface area contributed by atoms with Gasteiger partial charge in [-0.05, 0) is 79.3 Å². The van der Waals surface area contributed by atoms with Crippen LogP contribution in [0, 0.1) is 0 Å². The van der Waals surface area contributed by atoms with Gasteiger partial charge in [0.1, 0.15) is 0 Å². The summed E-state index contributed by atoms with van der Waals surface area (Å²) in [6, 6.07) is 0.471. The largest absolute Gasteiger partial charge is 0.403 e. The molecule has 0 aromatic carbocycles. The van der Waals surface area contributed by atoms with Crippen LogP contribution >= 0.6 is 11.8 Å². The third-order valence-electron chi connectivity index (χ3n) is 4.97. The molecular formula is C27H47N3S. The second kappa shape index (κ2) is 17.8. The lowest BCUT2D eigenvalue weighted by molar-refractivity contribution is 0.540. The molecule has 0 radical (unpaired) electrons. The molecule has 0 aromatic rings. The van der Waals surface area contributed by atoms with Gasteiger partial charge in [-0.15, -0.1) is 0 Å². The first-order valence-corrected chi connectivity index (χ1v) is 12.6. The molecule has 4 N–H and O–H groups in total. The van der Waals surface area contributed by atoms with Crippen LogP contribution in [-0.4, -0.2) is 23.6 Å². The predicted octanol–water partition coefficient (Wildman–Crippen LogP) is 6.98. The molecule has 176 valence electrons. The van der Waals surface area contributed by atoms with Gasteiger partial charge in [-0.2, -0.15) is 11.8 Å². The highest BCUT2D eigenvalue weighted by atomic mass is 32.2. The molecule has 0 aliphatic heterocycles. The van der Waals surface area contributed by atoms with E-state index in [1.54, 1.807) is 6.20 Å². The van der Waals surface area contributed by atoms with Crippen molar-refractivity contribution in [3.05, 3.63) is 72.3 Å². The average Bonchev–Trinajstić information content (AvgIpc) is 2.67. The molecule has 0 amide bonds. The quantitative estimate of drug-likeness (QED) is 0.157. The Kier molecular flexibility index (Phi) is 16.8. The Hall–Kier alpha value is -1.81. The van der Waals surface area contributed by atoms with E-state index in [0.29, 0.717) is 11.7 Å². The first-order chi connectivity index (χ1) is 14.6. The van der Waals surface area contributed by atoms with Crippen molar-refractivity contribution in [2.24, 2.45) is 5.73 Å². The minimum Gasteiger partial charge on any atom is -0.403 e. The molecular weight excluding hydrogens is 398 g/mol. The normalized spacial score (nSPS) is 13.8. The molecule has 0 aromatic heterocycles. The summed E-state index contributed by atoms with van der Waals surface area (Å²) in [5.41, 5.74) is 11.8. The fourth-order valence-electron chi connectivity index (χ4n) is 3.07.